The van der Waals surface area contributed by atoms with Gasteiger partial charge in [-0.3, -0.25) is 0 Å². The van der Waals surface area contributed by atoms with Gasteiger partial charge in [-0.2, -0.15) is 0 Å². The minimum atomic E-state index is -0.111. The van der Waals surface area contributed by atoms with Crippen molar-refractivity contribution in [2.75, 3.05) is 0 Å². The van der Waals surface area contributed by atoms with Gasteiger partial charge in [0.1, 0.15) is 7.85 Å². The van der Waals surface area contributed by atoms with E-state index >= 15 is 0 Å². The number of benzene rings is 3. The fourth-order valence-corrected chi connectivity index (χ4v) is 5.31. The van der Waals surface area contributed by atoms with E-state index < -0.39 is 0 Å². The van der Waals surface area contributed by atoms with E-state index in [9.17, 15) is 0 Å². The summed E-state index contributed by atoms with van der Waals surface area (Å²) in [4.78, 5) is 0. The molecule has 0 saturated heterocycles. The monoisotopic (exact) mass is 434 g/mol. The molecule has 3 nitrogen and oxygen atoms in total. The van der Waals surface area contributed by atoms with Crippen LogP contribution in [0.5, 0.6) is 0 Å². The minimum Gasteiger partial charge on any atom is -0.430 e. The minimum absolute atomic E-state index is 0.111. The van der Waals surface area contributed by atoms with E-state index in [0.717, 1.165) is 5.56 Å². The van der Waals surface area contributed by atoms with Crippen LogP contribution in [0.15, 0.2) is 40.8 Å². The molecule has 0 unspecified atom stereocenters. The predicted molar refractivity (Wildman–Crippen MR) is 143 cm³/mol. The van der Waals surface area contributed by atoms with Crippen LogP contribution in [0.1, 0.15) is 44.5 Å². The largest absolute Gasteiger partial charge is 0.430 e. The molecule has 0 amide bonds. The van der Waals surface area contributed by atoms with Crippen LogP contribution in [0.4, 0.5) is 0 Å². The van der Waals surface area contributed by atoms with Gasteiger partial charge in [0, 0.05) is 5.56 Å². The van der Waals surface area contributed by atoms with Crippen LogP contribution in [0.3, 0.4) is 0 Å². The van der Waals surface area contributed by atoms with Gasteiger partial charge in [0.25, 0.3) is 0 Å². The number of hydrogen-bond donors (Lipinski definition) is 0. The number of rotatable bonds is 4. The van der Waals surface area contributed by atoms with Crippen molar-refractivity contribution >= 4 is 36.7 Å². The molecule has 0 aliphatic carbocycles. The molecule has 5 heteroatoms. The lowest BCUT2D eigenvalue weighted by atomic mass is 9.37. The number of nitrogens with zero attached hydrogens (tertiary/aromatic N) is 2. The van der Waals surface area contributed by atoms with Crippen molar-refractivity contribution in [2.24, 2.45) is 0 Å². The first-order valence-corrected chi connectivity index (χ1v) is 11.6. The smallest absolute Gasteiger partial charge is 0.316 e. The van der Waals surface area contributed by atoms with Crippen molar-refractivity contribution in [1.82, 2.24) is 10.2 Å². The molecule has 0 fully saturated rings. The summed E-state index contributed by atoms with van der Waals surface area (Å²) in [6.45, 7) is 17.2. The number of aromatic nitrogens is 2. The highest BCUT2D eigenvalue weighted by Gasteiger charge is 2.33. The normalized spacial score (nSPS) is 11.2. The quantitative estimate of drug-likeness (QED) is 0.464. The molecule has 0 N–H and O–H groups in total. The fraction of sp³-hybridized carbons (Fsp3) is 0.286. The second kappa shape index (κ2) is 8.70. The molecule has 1 heterocycles. The number of hydrogen-bond acceptors (Lipinski definition) is 3. The first-order valence-electron chi connectivity index (χ1n) is 11.6. The van der Waals surface area contributed by atoms with E-state index in [0.29, 0.717) is 11.7 Å². The zero-order valence-electron chi connectivity index (χ0n) is 21.3. The summed E-state index contributed by atoms with van der Waals surface area (Å²) >= 11 is 0. The molecule has 0 bridgehead atoms. The Kier molecular flexibility index (Phi) is 6.09. The Balaban J connectivity index is 1.95. The summed E-state index contributed by atoms with van der Waals surface area (Å²) in [5, 5.41) is 9.13. The zero-order valence-corrected chi connectivity index (χ0v) is 21.3. The molecule has 0 saturated carbocycles. The standard InChI is InChI=1S/C28H32B2N2O/c1-15-9-19(5)25(20(6)10-15)30(26-21(7)11-16(2)12-22(26)8)28-32-31-27(33-28)23-13-17(3)24(29)18(4)14-23/h9-14H,29H2,1-8H3. The summed E-state index contributed by atoms with van der Waals surface area (Å²) in [5.41, 5.74) is 14.8. The van der Waals surface area contributed by atoms with Crippen LogP contribution in [0.2, 0.25) is 0 Å². The predicted octanol–water partition coefficient (Wildman–Crippen LogP) is 2.98. The summed E-state index contributed by atoms with van der Waals surface area (Å²) in [5.74, 6) is 1.22. The molecule has 0 radical (unpaired) electrons. The summed E-state index contributed by atoms with van der Waals surface area (Å²) in [6.07, 6.45) is 0. The van der Waals surface area contributed by atoms with Crippen molar-refractivity contribution in [2.45, 2.75) is 55.4 Å². The van der Waals surface area contributed by atoms with E-state index in [2.05, 4.69) is 110 Å². The van der Waals surface area contributed by atoms with E-state index in [1.54, 1.807) is 0 Å². The SMILES string of the molecule is Bc1c(C)cc(-c2nnc(B(c3c(C)cc(C)cc3C)c3c(C)cc(C)cc3C)o2)cc1C. The molecule has 4 aromatic rings. The lowest BCUT2D eigenvalue weighted by Gasteiger charge is -2.21. The Labute approximate surface area is 199 Å². The maximum Gasteiger partial charge on any atom is 0.316 e. The molecule has 3 aromatic carbocycles. The van der Waals surface area contributed by atoms with Gasteiger partial charge in [0.15, 0.2) is 5.79 Å². The zero-order chi connectivity index (χ0) is 24.0. The molecule has 0 aliphatic rings. The lowest BCUT2D eigenvalue weighted by Crippen LogP contribution is -2.56. The average Bonchev–Trinajstić information content (AvgIpc) is 3.19. The van der Waals surface area contributed by atoms with Crippen LogP contribution < -0.4 is 22.2 Å². The van der Waals surface area contributed by atoms with E-state index in [1.165, 1.54) is 60.9 Å². The van der Waals surface area contributed by atoms with Crippen LogP contribution in [0, 0.1) is 55.4 Å². The molecule has 0 aliphatic heterocycles. The summed E-state index contributed by atoms with van der Waals surface area (Å²) in [6, 6.07) is 13.3. The van der Waals surface area contributed by atoms with Gasteiger partial charge in [-0.15, -0.1) is 10.2 Å². The Bertz CT molecular complexity index is 1240. The second-order valence-electron chi connectivity index (χ2n) is 9.74. The van der Waals surface area contributed by atoms with Gasteiger partial charge in [0.2, 0.25) is 5.89 Å². The third-order valence-electron chi connectivity index (χ3n) is 6.91. The van der Waals surface area contributed by atoms with Gasteiger partial charge >= 0.3 is 6.71 Å². The Morgan fingerprint density at radius 2 is 1.03 bits per heavy atom. The molecule has 1 aromatic heterocycles. The van der Waals surface area contributed by atoms with Crippen LogP contribution >= 0.6 is 0 Å². The molecule has 33 heavy (non-hydrogen) atoms. The first kappa shape index (κ1) is 23.1. The van der Waals surface area contributed by atoms with Crippen LogP contribution in [-0.4, -0.2) is 24.8 Å². The van der Waals surface area contributed by atoms with Gasteiger partial charge in [0.05, 0.1) is 0 Å². The van der Waals surface area contributed by atoms with E-state index in [4.69, 9.17) is 4.42 Å². The van der Waals surface area contributed by atoms with Gasteiger partial charge in [-0.1, -0.05) is 85.2 Å². The van der Waals surface area contributed by atoms with Crippen LogP contribution in [-0.2, 0) is 0 Å². The number of aryl methyl sites for hydroxylation is 8. The van der Waals surface area contributed by atoms with Crippen LogP contribution in [0.25, 0.3) is 11.5 Å². The fourth-order valence-electron chi connectivity index (χ4n) is 5.31. The van der Waals surface area contributed by atoms with E-state index in [-0.39, 0.29) is 6.71 Å². The average molecular weight is 434 g/mol. The van der Waals surface area contributed by atoms with Gasteiger partial charge < -0.3 is 4.42 Å². The van der Waals surface area contributed by atoms with E-state index in [1.807, 2.05) is 0 Å². The highest BCUT2D eigenvalue weighted by molar-refractivity contribution is 6.95. The molecule has 4 rings (SSSR count). The molecular weight excluding hydrogens is 402 g/mol. The Hall–Kier alpha value is -3.07. The molecule has 0 spiro atoms. The van der Waals surface area contributed by atoms with Crippen molar-refractivity contribution < 1.29 is 4.42 Å². The third-order valence-corrected chi connectivity index (χ3v) is 6.91. The second-order valence-corrected chi connectivity index (χ2v) is 9.74. The summed E-state index contributed by atoms with van der Waals surface area (Å²) < 4.78 is 6.45. The van der Waals surface area contributed by atoms with Gasteiger partial charge in [-0.25, -0.2) is 0 Å². The van der Waals surface area contributed by atoms with Crippen molar-refractivity contribution in [1.29, 1.82) is 0 Å². The highest BCUT2D eigenvalue weighted by atomic mass is 16.4. The Morgan fingerprint density at radius 1 is 0.606 bits per heavy atom. The maximum atomic E-state index is 6.45. The summed E-state index contributed by atoms with van der Waals surface area (Å²) in [7, 11) is 2.15. The molecular formula is C28H32B2N2O. The Morgan fingerprint density at radius 3 is 1.45 bits per heavy atom. The third kappa shape index (κ3) is 4.29. The molecule has 0 atom stereocenters. The van der Waals surface area contributed by atoms with Crippen molar-refractivity contribution in [3.05, 3.63) is 80.9 Å². The topological polar surface area (TPSA) is 38.9 Å². The van der Waals surface area contributed by atoms with Crippen molar-refractivity contribution in [3.63, 3.8) is 0 Å². The first-order chi connectivity index (χ1) is 15.6. The van der Waals surface area contributed by atoms with Crippen molar-refractivity contribution in [3.8, 4) is 11.5 Å². The molecule has 166 valence electrons. The highest BCUT2D eigenvalue weighted by Crippen LogP contribution is 2.19. The van der Waals surface area contributed by atoms with Gasteiger partial charge in [-0.05, 0) is 67.5 Å². The lowest BCUT2D eigenvalue weighted by molar-refractivity contribution is 0.603. The maximum absolute atomic E-state index is 6.45.